The van der Waals surface area contributed by atoms with Crippen molar-refractivity contribution in [2.75, 3.05) is 26.2 Å². The van der Waals surface area contributed by atoms with Gasteiger partial charge in [0.1, 0.15) is 5.56 Å². The summed E-state index contributed by atoms with van der Waals surface area (Å²) >= 11 is 3.33. The van der Waals surface area contributed by atoms with Gasteiger partial charge in [-0.05, 0) is 43.0 Å². The van der Waals surface area contributed by atoms with Crippen molar-refractivity contribution in [1.82, 2.24) is 13.6 Å². The van der Waals surface area contributed by atoms with Crippen molar-refractivity contribution in [3.63, 3.8) is 0 Å². The zero-order valence-corrected chi connectivity index (χ0v) is 20.5. The lowest BCUT2D eigenvalue weighted by molar-refractivity contribution is -0.684. The predicted molar refractivity (Wildman–Crippen MR) is 126 cm³/mol. The van der Waals surface area contributed by atoms with Crippen molar-refractivity contribution in [2.24, 2.45) is 5.92 Å². The minimum atomic E-state index is -3.58. The average Bonchev–Trinajstić information content (AvgIpc) is 3.64. The molecule has 33 heavy (non-hydrogen) atoms. The number of hydrogen-bond donors (Lipinski definition) is 1. The monoisotopic (exact) mass is 533 g/mol. The second-order valence-electron chi connectivity index (χ2n) is 8.73. The molecule has 0 radical (unpaired) electrons. The van der Waals surface area contributed by atoms with Crippen LogP contribution in [0.1, 0.15) is 18.4 Å². The third-order valence-corrected chi connectivity index (χ3v) is 8.79. The molecule has 0 unspecified atom stereocenters. The van der Waals surface area contributed by atoms with Gasteiger partial charge in [-0.15, -0.1) is 0 Å². The number of halogens is 1. The lowest BCUT2D eigenvalue weighted by Crippen LogP contribution is -2.49. The Bertz CT molecular complexity index is 1360. The van der Waals surface area contributed by atoms with Gasteiger partial charge in [0.05, 0.1) is 17.6 Å². The Hall–Kier alpha value is -2.27. The van der Waals surface area contributed by atoms with E-state index in [4.69, 9.17) is 0 Å². The Morgan fingerprint density at radius 1 is 1.06 bits per heavy atom. The van der Waals surface area contributed by atoms with E-state index < -0.39 is 10.0 Å². The minimum absolute atomic E-state index is 0.0160. The van der Waals surface area contributed by atoms with Crippen LogP contribution >= 0.6 is 15.9 Å². The maximum Gasteiger partial charge on any atom is 0.350 e. The number of pyridine rings is 1. The predicted octanol–water partition coefficient (Wildman–Crippen LogP) is 1.97. The molecule has 0 spiro atoms. The molecule has 10 heteroatoms. The maximum atomic E-state index is 13.2. The zero-order valence-electron chi connectivity index (χ0n) is 18.1. The summed E-state index contributed by atoms with van der Waals surface area (Å²) in [7, 11) is -3.58. The Balaban J connectivity index is 1.37. The Kier molecular flexibility index (Phi) is 6.02. The van der Waals surface area contributed by atoms with Crippen molar-refractivity contribution in [2.45, 2.75) is 30.8 Å². The number of rotatable bonds is 6. The minimum Gasteiger partial charge on any atom is -0.477 e. The summed E-state index contributed by atoms with van der Waals surface area (Å²) in [6.07, 6.45) is 4.00. The van der Waals surface area contributed by atoms with Crippen LogP contribution in [0.25, 0.3) is 5.65 Å². The zero-order chi connectivity index (χ0) is 23.2. The maximum absolute atomic E-state index is 13.2. The smallest absolute Gasteiger partial charge is 0.350 e. The number of fused-ring (bicyclic) bond motifs is 1. The van der Waals surface area contributed by atoms with Gasteiger partial charge in [-0.3, -0.25) is 4.90 Å². The fourth-order valence-corrected chi connectivity index (χ4v) is 6.36. The normalized spacial score (nSPS) is 18.1. The fraction of sp³-hybridized carbons (Fsp3) is 0.391. The fourth-order valence-electron chi connectivity index (χ4n) is 4.34. The standard InChI is InChI=1S/C23H25BrN4O4S/c24-18-4-3-5-19(14-18)33(31,32)26-12-10-25(11-13-26)16-20-22(29)27-9-2-1-6-21(27)28(23(20)30)15-17-7-8-17/h1-6,9,14,17H,7-8,10-13,15-16H2/p+1. The van der Waals surface area contributed by atoms with E-state index in [1.165, 1.54) is 4.31 Å². The molecule has 1 N–H and O–H groups in total. The van der Waals surface area contributed by atoms with Gasteiger partial charge in [-0.25, -0.2) is 13.2 Å². The van der Waals surface area contributed by atoms with Gasteiger partial charge in [-0.1, -0.05) is 28.1 Å². The summed E-state index contributed by atoms with van der Waals surface area (Å²) in [5, 5.41) is 11.0. The number of piperazine rings is 1. The van der Waals surface area contributed by atoms with Crippen LogP contribution in [0.15, 0.2) is 62.8 Å². The average molecular weight is 534 g/mol. The van der Waals surface area contributed by atoms with E-state index in [1.54, 1.807) is 34.9 Å². The summed E-state index contributed by atoms with van der Waals surface area (Å²) in [5.74, 6) is 0.546. The molecule has 3 heterocycles. The molecule has 1 aromatic carbocycles. The molecule has 1 aliphatic heterocycles. The number of hydrogen-bond acceptors (Lipinski definition) is 5. The van der Waals surface area contributed by atoms with Gasteiger partial charge < -0.3 is 5.11 Å². The Morgan fingerprint density at radius 3 is 2.52 bits per heavy atom. The van der Waals surface area contributed by atoms with E-state index >= 15 is 0 Å². The molecule has 1 saturated heterocycles. The largest absolute Gasteiger partial charge is 0.477 e. The van der Waals surface area contributed by atoms with Crippen LogP contribution in [0, 0.1) is 5.92 Å². The van der Waals surface area contributed by atoms with Crippen LogP contribution in [-0.4, -0.2) is 53.3 Å². The van der Waals surface area contributed by atoms with E-state index in [0.717, 1.165) is 12.8 Å². The van der Waals surface area contributed by atoms with Crippen molar-refractivity contribution < 1.29 is 18.1 Å². The first-order valence-corrected chi connectivity index (χ1v) is 13.3. The van der Waals surface area contributed by atoms with Crippen LogP contribution in [0.3, 0.4) is 0 Å². The van der Waals surface area contributed by atoms with Gasteiger partial charge in [0.2, 0.25) is 10.0 Å². The summed E-state index contributed by atoms with van der Waals surface area (Å²) in [6, 6.07) is 12.2. The highest BCUT2D eigenvalue weighted by atomic mass is 79.9. The first-order valence-electron chi connectivity index (χ1n) is 11.1. The van der Waals surface area contributed by atoms with Crippen LogP contribution < -0.4 is 10.1 Å². The number of aromatic nitrogens is 2. The van der Waals surface area contributed by atoms with Crippen LogP contribution in [-0.2, 0) is 23.1 Å². The lowest BCUT2D eigenvalue weighted by atomic mass is 10.2. The number of benzene rings is 1. The molecular formula is C23H26BrN4O4S+. The molecular weight excluding hydrogens is 508 g/mol. The highest BCUT2D eigenvalue weighted by Crippen LogP contribution is 2.30. The summed E-state index contributed by atoms with van der Waals surface area (Å²) < 4.78 is 31.6. The molecule has 2 aliphatic rings. The topological polar surface area (TPSA) is 86.2 Å². The molecule has 3 aromatic rings. The second-order valence-corrected chi connectivity index (χ2v) is 11.6. The van der Waals surface area contributed by atoms with Gasteiger partial charge in [0, 0.05) is 43.3 Å². The van der Waals surface area contributed by atoms with E-state index in [2.05, 4.69) is 15.9 Å². The summed E-state index contributed by atoms with van der Waals surface area (Å²) in [5.41, 5.74) is 0.794. The molecule has 1 aliphatic carbocycles. The second kappa shape index (κ2) is 8.83. The van der Waals surface area contributed by atoms with Gasteiger partial charge >= 0.3 is 5.56 Å². The Labute approximate surface area is 200 Å². The molecule has 2 fully saturated rings. The van der Waals surface area contributed by atoms with Crippen molar-refractivity contribution in [3.05, 3.63) is 69.1 Å². The van der Waals surface area contributed by atoms with Crippen molar-refractivity contribution in [3.8, 4) is 5.88 Å². The van der Waals surface area contributed by atoms with E-state index in [0.29, 0.717) is 54.3 Å². The highest BCUT2D eigenvalue weighted by molar-refractivity contribution is 9.10. The van der Waals surface area contributed by atoms with Gasteiger partial charge in [0.15, 0.2) is 0 Å². The van der Waals surface area contributed by atoms with Crippen LogP contribution in [0.5, 0.6) is 5.88 Å². The first kappa shape index (κ1) is 22.5. The molecule has 0 bridgehead atoms. The summed E-state index contributed by atoms with van der Waals surface area (Å²) in [6.45, 7) is 2.57. The number of nitrogens with zero attached hydrogens (tertiary/aromatic N) is 4. The first-order chi connectivity index (χ1) is 15.8. The van der Waals surface area contributed by atoms with Gasteiger partial charge in [-0.2, -0.15) is 13.3 Å². The molecule has 2 aromatic heterocycles. The third-order valence-electron chi connectivity index (χ3n) is 6.40. The molecule has 8 nitrogen and oxygen atoms in total. The van der Waals surface area contributed by atoms with Crippen molar-refractivity contribution >= 4 is 31.6 Å². The quantitative estimate of drug-likeness (QED) is 0.489. The van der Waals surface area contributed by atoms with Crippen LogP contribution in [0.2, 0.25) is 0 Å². The van der Waals surface area contributed by atoms with Crippen molar-refractivity contribution in [1.29, 1.82) is 0 Å². The van der Waals surface area contributed by atoms with Crippen LogP contribution in [0.4, 0.5) is 0 Å². The lowest BCUT2D eigenvalue weighted by Gasteiger charge is -2.33. The van der Waals surface area contributed by atoms with E-state index in [1.807, 2.05) is 27.7 Å². The van der Waals surface area contributed by atoms with Gasteiger partial charge in [0.25, 0.3) is 11.5 Å². The third kappa shape index (κ3) is 4.44. The molecule has 174 valence electrons. The highest BCUT2D eigenvalue weighted by Gasteiger charge is 2.33. The summed E-state index contributed by atoms with van der Waals surface area (Å²) in [4.78, 5) is 15.5. The molecule has 5 rings (SSSR count). The molecule has 0 atom stereocenters. The molecule has 0 amide bonds. The number of sulfonamides is 1. The van der Waals surface area contributed by atoms with E-state index in [-0.39, 0.29) is 22.9 Å². The van der Waals surface area contributed by atoms with E-state index in [9.17, 15) is 18.3 Å². The Morgan fingerprint density at radius 2 is 1.82 bits per heavy atom. The number of aromatic hydroxyl groups is 1. The SMILES string of the molecule is O=c1c(CN2CCN(S(=O)(=O)c3cccc(Br)c3)CC2)c(O)[n+](CC2CC2)c2ccccn12. The molecule has 1 saturated carbocycles.